The second-order valence-corrected chi connectivity index (χ2v) is 5.65. The fourth-order valence-electron chi connectivity index (χ4n) is 2.29. The summed E-state index contributed by atoms with van der Waals surface area (Å²) in [5.74, 6) is -0.391. The first kappa shape index (κ1) is 13.3. The third kappa shape index (κ3) is 2.34. The largest absolute Gasteiger partial charge is 0.376 e. The van der Waals surface area contributed by atoms with Gasteiger partial charge < -0.3 is 10.1 Å². The van der Waals surface area contributed by atoms with Crippen LogP contribution in [-0.4, -0.2) is 34.5 Å². The molecule has 6 nitrogen and oxygen atoms in total. The van der Waals surface area contributed by atoms with Crippen LogP contribution in [0.25, 0.3) is 4.96 Å². The van der Waals surface area contributed by atoms with Crippen LogP contribution in [0.1, 0.15) is 28.9 Å². The Morgan fingerprint density at radius 1 is 1.65 bits per heavy atom. The van der Waals surface area contributed by atoms with E-state index in [-0.39, 0.29) is 17.2 Å². The Bertz CT molecular complexity index is 700. The van der Waals surface area contributed by atoms with E-state index in [9.17, 15) is 9.59 Å². The van der Waals surface area contributed by atoms with Crippen LogP contribution >= 0.6 is 11.3 Å². The number of carbonyl (C=O) groups is 1. The van der Waals surface area contributed by atoms with Crippen LogP contribution in [0, 0.1) is 6.92 Å². The maximum absolute atomic E-state index is 12.3. The molecule has 1 aliphatic heterocycles. The van der Waals surface area contributed by atoms with Crippen molar-refractivity contribution in [1.29, 1.82) is 0 Å². The molecule has 3 heterocycles. The Morgan fingerprint density at radius 3 is 3.25 bits per heavy atom. The summed E-state index contributed by atoms with van der Waals surface area (Å²) in [6.07, 6.45) is 3.37. The second kappa shape index (κ2) is 5.34. The summed E-state index contributed by atoms with van der Waals surface area (Å²) in [5.41, 5.74) is 0.539. The van der Waals surface area contributed by atoms with E-state index >= 15 is 0 Å². The van der Waals surface area contributed by atoms with Crippen molar-refractivity contribution in [2.24, 2.45) is 0 Å². The molecule has 0 spiro atoms. The zero-order chi connectivity index (χ0) is 14.1. The van der Waals surface area contributed by atoms with Gasteiger partial charge in [-0.25, -0.2) is 4.98 Å². The van der Waals surface area contributed by atoms with Gasteiger partial charge in [-0.1, -0.05) is 0 Å². The molecular weight excluding hydrogens is 278 g/mol. The van der Waals surface area contributed by atoms with Crippen LogP contribution in [0.5, 0.6) is 0 Å². The molecule has 0 unspecified atom stereocenters. The first-order valence-corrected chi connectivity index (χ1v) is 7.40. The quantitative estimate of drug-likeness (QED) is 0.915. The Morgan fingerprint density at radius 2 is 2.50 bits per heavy atom. The van der Waals surface area contributed by atoms with E-state index in [2.05, 4.69) is 10.3 Å². The summed E-state index contributed by atoms with van der Waals surface area (Å²) in [5, 5.41) is 4.59. The predicted octanol–water partition coefficient (Wildman–Crippen LogP) is 0.973. The van der Waals surface area contributed by atoms with E-state index in [1.807, 2.05) is 12.3 Å². The number of rotatable bonds is 3. The number of aryl methyl sites for hydroxylation is 1. The van der Waals surface area contributed by atoms with Gasteiger partial charge in [-0.3, -0.25) is 14.0 Å². The van der Waals surface area contributed by atoms with Crippen molar-refractivity contribution < 1.29 is 9.53 Å². The third-order valence-corrected chi connectivity index (χ3v) is 4.33. The highest BCUT2D eigenvalue weighted by atomic mass is 32.1. The summed E-state index contributed by atoms with van der Waals surface area (Å²) in [6, 6.07) is 0. The van der Waals surface area contributed by atoms with Crippen LogP contribution in [0.4, 0.5) is 0 Å². The zero-order valence-corrected chi connectivity index (χ0v) is 11.9. The molecule has 0 aromatic carbocycles. The average molecular weight is 293 g/mol. The maximum Gasteiger partial charge on any atom is 0.271 e. The first-order chi connectivity index (χ1) is 9.66. The standard InChI is InChI=1S/C13H15N3O3S/c1-8-7-20-13-15-6-10(12(18)16(8)13)11(17)14-5-9-3-2-4-19-9/h6-7,9H,2-5H2,1H3,(H,14,17)/t9-/m0/s1. The summed E-state index contributed by atoms with van der Waals surface area (Å²) < 4.78 is 6.90. The molecule has 2 aromatic heterocycles. The van der Waals surface area contributed by atoms with Crippen molar-refractivity contribution in [2.45, 2.75) is 25.9 Å². The van der Waals surface area contributed by atoms with Crippen molar-refractivity contribution in [2.75, 3.05) is 13.2 Å². The van der Waals surface area contributed by atoms with Gasteiger partial charge in [0.1, 0.15) is 5.56 Å². The number of nitrogens with zero attached hydrogens (tertiary/aromatic N) is 2. The topological polar surface area (TPSA) is 72.7 Å². The normalized spacial score (nSPS) is 18.6. The minimum atomic E-state index is -0.391. The number of ether oxygens (including phenoxy) is 1. The number of thiazole rings is 1. The molecule has 7 heteroatoms. The fourth-order valence-corrected chi connectivity index (χ4v) is 3.11. The summed E-state index contributed by atoms with van der Waals surface area (Å²) >= 11 is 1.38. The zero-order valence-electron chi connectivity index (χ0n) is 11.1. The monoisotopic (exact) mass is 293 g/mol. The molecule has 20 heavy (non-hydrogen) atoms. The number of carbonyl (C=O) groups excluding carboxylic acids is 1. The van der Waals surface area contributed by atoms with Crippen molar-refractivity contribution in [3.8, 4) is 0 Å². The maximum atomic E-state index is 12.3. The molecule has 0 saturated carbocycles. The van der Waals surface area contributed by atoms with Crippen LogP contribution in [0.2, 0.25) is 0 Å². The molecule has 1 saturated heterocycles. The van der Waals surface area contributed by atoms with Gasteiger partial charge in [0.05, 0.1) is 6.10 Å². The van der Waals surface area contributed by atoms with Crippen LogP contribution in [-0.2, 0) is 4.74 Å². The first-order valence-electron chi connectivity index (χ1n) is 6.52. The van der Waals surface area contributed by atoms with Gasteiger partial charge in [0.2, 0.25) is 0 Å². The molecule has 1 amide bonds. The molecule has 106 valence electrons. The van der Waals surface area contributed by atoms with E-state index in [0.29, 0.717) is 11.5 Å². The van der Waals surface area contributed by atoms with Gasteiger partial charge >= 0.3 is 0 Å². The van der Waals surface area contributed by atoms with Gasteiger partial charge in [-0.15, -0.1) is 11.3 Å². The molecule has 0 aliphatic carbocycles. The van der Waals surface area contributed by atoms with E-state index in [1.165, 1.54) is 21.9 Å². The van der Waals surface area contributed by atoms with E-state index in [0.717, 1.165) is 25.1 Å². The number of aromatic nitrogens is 2. The Balaban J connectivity index is 1.82. The lowest BCUT2D eigenvalue weighted by atomic mass is 10.2. The van der Waals surface area contributed by atoms with Crippen LogP contribution in [0.3, 0.4) is 0 Å². The van der Waals surface area contributed by atoms with Gasteiger partial charge in [-0.2, -0.15) is 0 Å². The molecule has 1 aliphatic rings. The highest BCUT2D eigenvalue weighted by Crippen LogP contribution is 2.12. The molecule has 1 atom stereocenters. The molecule has 2 aromatic rings. The molecule has 0 bridgehead atoms. The van der Waals surface area contributed by atoms with E-state index in [1.54, 1.807) is 0 Å². The lowest BCUT2D eigenvalue weighted by molar-refractivity contribution is 0.0856. The number of fused-ring (bicyclic) bond motifs is 1. The Hall–Kier alpha value is -1.73. The fraction of sp³-hybridized carbons (Fsp3) is 0.462. The van der Waals surface area contributed by atoms with Crippen LogP contribution in [0.15, 0.2) is 16.4 Å². The summed E-state index contributed by atoms with van der Waals surface area (Å²) in [7, 11) is 0. The Kier molecular flexibility index (Phi) is 3.54. The Labute approximate surface area is 119 Å². The van der Waals surface area contributed by atoms with Gasteiger partial charge in [0.15, 0.2) is 4.96 Å². The lowest BCUT2D eigenvalue weighted by Crippen LogP contribution is -2.36. The molecule has 3 rings (SSSR count). The van der Waals surface area contributed by atoms with E-state index in [4.69, 9.17) is 4.74 Å². The number of amides is 1. The molecule has 1 fully saturated rings. The highest BCUT2D eigenvalue weighted by Gasteiger charge is 2.19. The van der Waals surface area contributed by atoms with Crippen molar-refractivity contribution in [3.05, 3.63) is 33.2 Å². The van der Waals surface area contributed by atoms with Crippen molar-refractivity contribution in [1.82, 2.24) is 14.7 Å². The predicted molar refractivity (Wildman–Crippen MR) is 75.4 cm³/mol. The number of hydrogen-bond donors (Lipinski definition) is 1. The van der Waals surface area contributed by atoms with Gasteiger partial charge in [0.25, 0.3) is 11.5 Å². The van der Waals surface area contributed by atoms with Crippen molar-refractivity contribution in [3.63, 3.8) is 0 Å². The minimum absolute atomic E-state index is 0.0567. The van der Waals surface area contributed by atoms with Gasteiger partial charge in [0, 0.05) is 30.4 Å². The summed E-state index contributed by atoms with van der Waals surface area (Å²) in [6.45, 7) is 3.00. The van der Waals surface area contributed by atoms with Crippen LogP contribution < -0.4 is 10.9 Å². The summed E-state index contributed by atoms with van der Waals surface area (Å²) in [4.78, 5) is 29.1. The lowest BCUT2D eigenvalue weighted by Gasteiger charge is -2.10. The van der Waals surface area contributed by atoms with E-state index < -0.39 is 5.91 Å². The van der Waals surface area contributed by atoms with Gasteiger partial charge in [-0.05, 0) is 19.8 Å². The minimum Gasteiger partial charge on any atom is -0.376 e. The smallest absolute Gasteiger partial charge is 0.271 e. The number of hydrogen-bond acceptors (Lipinski definition) is 5. The average Bonchev–Trinajstić information content (AvgIpc) is 3.07. The number of nitrogens with one attached hydrogen (secondary N) is 1. The second-order valence-electron chi connectivity index (χ2n) is 4.82. The molecule has 1 N–H and O–H groups in total. The SMILES string of the molecule is Cc1csc2ncc(C(=O)NC[C@@H]3CCCO3)c(=O)n12. The molecular formula is C13H15N3O3S. The third-order valence-electron chi connectivity index (χ3n) is 3.38. The highest BCUT2D eigenvalue weighted by molar-refractivity contribution is 7.15. The van der Waals surface area contributed by atoms with Crippen molar-refractivity contribution >= 4 is 22.2 Å². The molecule has 0 radical (unpaired) electrons.